The van der Waals surface area contributed by atoms with Crippen LogP contribution in [0.15, 0.2) is 84.1 Å². The quantitative estimate of drug-likeness (QED) is 0.309. The van der Waals surface area contributed by atoms with Crippen LogP contribution >= 0.6 is 11.6 Å². The molecule has 5 rings (SSSR count). The Morgan fingerprint density at radius 2 is 1.79 bits per heavy atom. The van der Waals surface area contributed by atoms with Crippen molar-refractivity contribution in [3.05, 3.63) is 105 Å². The summed E-state index contributed by atoms with van der Waals surface area (Å²) in [4.78, 5) is 28.9. The number of allylic oxidation sites excluding steroid dienone is 1. The highest BCUT2D eigenvalue weighted by Gasteiger charge is 2.34. The number of nitrogens with zero attached hydrogens (tertiary/aromatic N) is 3. The van der Waals surface area contributed by atoms with E-state index < -0.39 is 11.0 Å². The average Bonchev–Trinajstić information content (AvgIpc) is 3.17. The van der Waals surface area contributed by atoms with Crippen LogP contribution in [0.3, 0.4) is 0 Å². The molecule has 0 bridgehead atoms. The number of halogens is 1. The Balaban J connectivity index is 1.65. The third kappa shape index (κ3) is 3.70. The highest BCUT2D eigenvalue weighted by atomic mass is 35.5. The van der Waals surface area contributed by atoms with E-state index in [1.165, 1.54) is 12.1 Å². The van der Waals surface area contributed by atoms with Crippen LogP contribution in [0, 0.1) is 10.1 Å². The van der Waals surface area contributed by atoms with E-state index in [0.717, 1.165) is 16.6 Å². The minimum atomic E-state index is -0.540. The number of anilines is 2. The number of hydrogen-bond acceptors (Lipinski definition) is 5. The molecule has 2 N–H and O–H groups in total. The van der Waals surface area contributed by atoms with Crippen LogP contribution in [0.4, 0.5) is 17.3 Å². The molecule has 2 heterocycles. The molecule has 0 radical (unpaired) electrons. The zero-order valence-corrected chi connectivity index (χ0v) is 18.2. The van der Waals surface area contributed by atoms with Gasteiger partial charge in [-0.1, -0.05) is 23.7 Å². The molecule has 1 aliphatic heterocycles. The number of nitro benzene ring substituents is 1. The van der Waals surface area contributed by atoms with Gasteiger partial charge in [-0.3, -0.25) is 19.5 Å². The minimum Gasteiger partial charge on any atom is -0.329 e. The Kier molecular flexibility index (Phi) is 5.07. The van der Waals surface area contributed by atoms with Crippen molar-refractivity contribution in [2.45, 2.75) is 13.0 Å². The summed E-state index contributed by atoms with van der Waals surface area (Å²) in [6.07, 6.45) is 0. The van der Waals surface area contributed by atoms with E-state index in [1.54, 1.807) is 36.4 Å². The lowest BCUT2D eigenvalue weighted by Crippen LogP contribution is -2.30. The van der Waals surface area contributed by atoms with Crippen LogP contribution in [0.2, 0.25) is 5.02 Å². The van der Waals surface area contributed by atoms with E-state index in [1.807, 2.05) is 35.8 Å². The Morgan fingerprint density at radius 3 is 2.48 bits per heavy atom. The summed E-state index contributed by atoms with van der Waals surface area (Å²) in [5.41, 5.74) is 4.06. The lowest BCUT2D eigenvalue weighted by atomic mass is 9.94. The predicted molar refractivity (Wildman–Crippen MR) is 127 cm³/mol. The summed E-state index contributed by atoms with van der Waals surface area (Å²) in [6, 6.07) is 20.2. The molecule has 1 aromatic heterocycles. The molecule has 33 heavy (non-hydrogen) atoms. The molecule has 0 fully saturated rings. The van der Waals surface area contributed by atoms with Gasteiger partial charge in [-0.05, 0) is 61.0 Å². The molecule has 8 nitrogen and oxygen atoms in total. The third-order valence-electron chi connectivity index (χ3n) is 5.60. The molecule has 0 unspecified atom stereocenters. The van der Waals surface area contributed by atoms with Gasteiger partial charge < -0.3 is 10.6 Å². The predicted octanol–water partition coefficient (Wildman–Crippen LogP) is 5.53. The molecule has 164 valence electrons. The number of carbonyl (C=O) groups excluding carboxylic acids is 1. The van der Waals surface area contributed by atoms with Crippen LogP contribution in [-0.2, 0) is 4.79 Å². The number of amides is 1. The standard InChI is InChI=1S/C24H18ClN5O3/c1-14-21(23(31)27-17-10-8-16(25)9-11-17)22(15-6-12-18(13-7-15)30(32)33)29-20-5-3-2-4-19(20)28-24(29)26-14/h2-13,22H,1H3,(H,26,28)(H,27,31)/t22-/m0/s1. The van der Waals surface area contributed by atoms with Gasteiger partial charge in [0.2, 0.25) is 5.95 Å². The van der Waals surface area contributed by atoms with Crippen LogP contribution in [-0.4, -0.2) is 20.4 Å². The molecule has 3 aromatic carbocycles. The smallest absolute Gasteiger partial charge is 0.269 e. The molecule has 1 amide bonds. The summed E-state index contributed by atoms with van der Waals surface area (Å²) in [5.74, 6) is 0.300. The number of imidazole rings is 1. The second-order valence-corrected chi connectivity index (χ2v) is 8.11. The van der Waals surface area contributed by atoms with Crippen molar-refractivity contribution in [3.63, 3.8) is 0 Å². The normalized spacial score (nSPS) is 15.2. The summed E-state index contributed by atoms with van der Waals surface area (Å²) >= 11 is 5.97. The number of nitro groups is 1. The van der Waals surface area contributed by atoms with Crippen LogP contribution < -0.4 is 10.6 Å². The second-order valence-electron chi connectivity index (χ2n) is 7.67. The first-order chi connectivity index (χ1) is 15.9. The van der Waals surface area contributed by atoms with E-state index in [4.69, 9.17) is 11.6 Å². The number of para-hydroxylation sites is 2. The van der Waals surface area contributed by atoms with Gasteiger partial charge in [0.1, 0.15) is 0 Å². The summed E-state index contributed by atoms with van der Waals surface area (Å²) in [6.45, 7) is 1.82. The lowest BCUT2D eigenvalue weighted by molar-refractivity contribution is -0.384. The first-order valence-electron chi connectivity index (χ1n) is 10.2. The van der Waals surface area contributed by atoms with Crippen LogP contribution in [0.25, 0.3) is 11.0 Å². The Morgan fingerprint density at radius 1 is 1.09 bits per heavy atom. The maximum absolute atomic E-state index is 13.5. The Hall–Kier alpha value is -4.17. The van der Waals surface area contributed by atoms with Crippen LogP contribution in [0.5, 0.6) is 0 Å². The molecule has 1 atom stereocenters. The molecular weight excluding hydrogens is 442 g/mol. The summed E-state index contributed by atoms with van der Waals surface area (Å²) in [7, 11) is 0. The maximum Gasteiger partial charge on any atom is 0.269 e. The molecule has 0 saturated carbocycles. The van der Waals surface area contributed by atoms with Crippen molar-refractivity contribution >= 4 is 45.9 Å². The first-order valence-corrected chi connectivity index (χ1v) is 10.6. The van der Waals surface area contributed by atoms with Gasteiger partial charge in [-0.15, -0.1) is 0 Å². The van der Waals surface area contributed by atoms with Gasteiger partial charge in [-0.2, -0.15) is 0 Å². The fourth-order valence-corrected chi connectivity index (χ4v) is 4.21. The summed E-state index contributed by atoms with van der Waals surface area (Å²) < 4.78 is 1.94. The SMILES string of the molecule is CC1=C(C(=O)Nc2ccc(Cl)cc2)[C@H](c2ccc([N+](=O)[O-])cc2)n2c(nc3ccccc32)N1. The molecule has 0 aliphatic carbocycles. The number of aromatic nitrogens is 2. The zero-order chi connectivity index (χ0) is 23.1. The zero-order valence-electron chi connectivity index (χ0n) is 17.4. The van der Waals surface area contributed by atoms with Gasteiger partial charge in [-0.25, -0.2) is 4.98 Å². The lowest BCUT2D eigenvalue weighted by Gasteiger charge is -2.30. The molecule has 0 saturated heterocycles. The van der Waals surface area contributed by atoms with Gasteiger partial charge in [0, 0.05) is 28.5 Å². The fraction of sp³-hybridized carbons (Fsp3) is 0.0833. The highest BCUT2D eigenvalue weighted by molar-refractivity contribution is 6.30. The molecule has 1 aliphatic rings. The maximum atomic E-state index is 13.5. The largest absolute Gasteiger partial charge is 0.329 e. The average molecular weight is 460 g/mol. The van der Waals surface area contributed by atoms with E-state index in [0.29, 0.717) is 27.9 Å². The van der Waals surface area contributed by atoms with Crippen molar-refractivity contribution in [1.82, 2.24) is 9.55 Å². The number of fused-ring (bicyclic) bond motifs is 3. The van der Waals surface area contributed by atoms with E-state index in [2.05, 4.69) is 15.6 Å². The number of nitrogens with one attached hydrogen (secondary N) is 2. The Bertz CT molecular complexity index is 1430. The number of benzene rings is 3. The molecular formula is C24H18ClN5O3. The van der Waals surface area contributed by atoms with E-state index in [9.17, 15) is 14.9 Å². The fourth-order valence-electron chi connectivity index (χ4n) is 4.08. The number of rotatable bonds is 4. The first kappa shape index (κ1) is 20.7. The monoisotopic (exact) mass is 459 g/mol. The van der Waals surface area contributed by atoms with Crippen molar-refractivity contribution in [2.24, 2.45) is 0 Å². The van der Waals surface area contributed by atoms with Gasteiger partial charge in [0.15, 0.2) is 0 Å². The van der Waals surface area contributed by atoms with Crippen molar-refractivity contribution in [3.8, 4) is 0 Å². The molecule has 9 heteroatoms. The highest BCUT2D eigenvalue weighted by Crippen LogP contribution is 2.39. The van der Waals surface area contributed by atoms with E-state index in [-0.39, 0.29) is 11.6 Å². The van der Waals surface area contributed by atoms with Crippen molar-refractivity contribution in [1.29, 1.82) is 0 Å². The van der Waals surface area contributed by atoms with E-state index >= 15 is 0 Å². The van der Waals surface area contributed by atoms with Gasteiger partial charge in [0.05, 0.1) is 27.6 Å². The van der Waals surface area contributed by atoms with Crippen LogP contribution in [0.1, 0.15) is 18.5 Å². The molecule has 4 aromatic rings. The van der Waals surface area contributed by atoms with Crippen molar-refractivity contribution in [2.75, 3.05) is 10.6 Å². The topological polar surface area (TPSA) is 102 Å². The van der Waals surface area contributed by atoms with Crippen molar-refractivity contribution < 1.29 is 9.72 Å². The minimum absolute atomic E-state index is 0.0173. The number of non-ortho nitro benzene ring substituents is 1. The number of carbonyl (C=O) groups is 1. The second kappa shape index (κ2) is 8.07. The summed E-state index contributed by atoms with van der Waals surface area (Å²) in [5, 5.41) is 17.9. The Labute approximate surface area is 193 Å². The van der Waals surface area contributed by atoms with Gasteiger partial charge in [0.25, 0.3) is 11.6 Å². The third-order valence-corrected chi connectivity index (χ3v) is 5.85. The molecule has 0 spiro atoms. The van der Waals surface area contributed by atoms with Gasteiger partial charge >= 0.3 is 0 Å². The number of hydrogen-bond donors (Lipinski definition) is 2.